The first-order valence-corrected chi connectivity index (χ1v) is 9.59. The average molecular weight is 386 g/mol. The maximum atomic E-state index is 12.6. The van der Waals surface area contributed by atoms with E-state index in [1.807, 2.05) is 49.4 Å². The number of nitrogens with one attached hydrogen (secondary N) is 1. The molecule has 0 aromatic heterocycles. The smallest absolute Gasteiger partial charge is 0.265 e. The van der Waals surface area contributed by atoms with Gasteiger partial charge in [0.25, 0.3) is 5.91 Å². The first-order valence-electron chi connectivity index (χ1n) is 9.59. The van der Waals surface area contributed by atoms with Crippen LogP contribution in [0.3, 0.4) is 0 Å². The zero-order valence-electron chi connectivity index (χ0n) is 16.2. The predicted octanol–water partition coefficient (Wildman–Crippen LogP) is 3.96. The predicted molar refractivity (Wildman–Crippen MR) is 113 cm³/mol. The summed E-state index contributed by atoms with van der Waals surface area (Å²) >= 11 is 0. The van der Waals surface area contributed by atoms with Crippen LogP contribution >= 0.6 is 0 Å². The number of hydrogen-bond donors (Lipinski definition) is 1. The van der Waals surface area contributed by atoms with Crippen LogP contribution in [0.4, 0.5) is 5.69 Å². The van der Waals surface area contributed by atoms with Gasteiger partial charge in [0, 0.05) is 0 Å². The van der Waals surface area contributed by atoms with Crippen LogP contribution in [0.5, 0.6) is 5.75 Å². The lowest BCUT2D eigenvalue weighted by atomic mass is 10.0. The summed E-state index contributed by atoms with van der Waals surface area (Å²) in [5.74, 6) is 0.179. The summed E-state index contributed by atoms with van der Waals surface area (Å²) in [5, 5.41) is 2.98. The van der Waals surface area contributed by atoms with Crippen LogP contribution in [0.15, 0.2) is 78.9 Å². The molecular formula is C24H22N2O3. The summed E-state index contributed by atoms with van der Waals surface area (Å²) in [5.41, 5.74) is 3.91. The molecule has 1 aliphatic heterocycles. The van der Waals surface area contributed by atoms with Gasteiger partial charge in [0.1, 0.15) is 12.3 Å². The highest BCUT2D eigenvalue weighted by atomic mass is 16.5. The summed E-state index contributed by atoms with van der Waals surface area (Å²) in [7, 11) is 0. The van der Waals surface area contributed by atoms with Crippen LogP contribution in [0, 0.1) is 0 Å². The van der Waals surface area contributed by atoms with Gasteiger partial charge in [-0.3, -0.25) is 14.5 Å². The molecule has 3 aromatic carbocycles. The van der Waals surface area contributed by atoms with Crippen molar-refractivity contribution in [3.05, 3.63) is 84.4 Å². The van der Waals surface area contributed by atoms with E-state index < -0.39 is 0 Å². The number of carbonyl (C=O) groups excluding carboxylic acids is 2. The summed E-state index contributed by atoms with van der Waals surface area (Å²) < 4.78 is 5.42. The summed E-state index contributed by atoms with van der Waals surface area (Å²) in [4.78, 5) is 26.3. The largest absolute Gasteiger partial charge is 0.482 e. The molecule has 1 N–H and O–H groups in total. The highest BCUT2D eigenvalue weighted by Gasteiger charge is 2.27. The monoisotopic (exact) mass is 386 g/mol. The Hall–Kier alpha value is -3.60. The van der Waals surface area contributed by atoms with Gasteiger partial charge in [0.15, 0.2) is 6.61 Å². The van der Waals surface area contributed by atoms with Crippen molar-refractivity contribution < 1.29 is 14.3 Å². The topological polar surface area (TPSA) is 58.6 Å². The Morgan fingerprint density at radius 1 is 0.966 bits per heavy atom. The van der Waals surface area contributed by atoms with Gasteiger partial charge in [0.05, 0.1) is 11.7 Å². The molecule has 3 aromatic rings. The molecule has 0 saturated heterocycles. The molecule has 0 spiro atoms. The van der Waals surface area contributed by atoms with Gasteiger partial charge in [-0.2, -0.15) is 0 Å². The van der Waals surface area contributed by atoms with Gasteiger partial charge in [0.2, 0.25) is 5.91 Å². The lowest BCUT2D eigenvalue weighted by Crippen LogP contribution is -2.45. The number of ether oxygens (including phenoxy) is 1. The van der Waals surface area contributed by atoms with Gasteiger partial charge in [-0.05, 0) is 35.7 Å². The van der Waals surface area contributed by atoms with E-state index in [0.29, 0.717) is 11.4 Å². The average Bonchev–Trinajstić information content (AvgIpc) is 2.76. The molecule has 1 aliphatic rings. The van der Waals surface area contributed by atoms with E-state index in [9.17, 15) is 9.59 Å². The lowest BCUT2D eigenvalue weighted by molar-refractivity contribution is -0.125. The molecule has 0 saturated carbocycles. The van der Waals surface area contributed by atoms with Crippen LogP contribution in [0.25, 0.3) is 11.1 Å². The van der Waals surface area contributed by atoms with Crippen molar-refractivity contribution in [1.29, 1.82) is 0 Å². The first-order chi connectivity index (χ1) is 14.1. The molecule has 2 amide bonds. The molecule has 5 heteroatoms. The molecule has 1 atom stereocenters. The van der Waals surface area contributed by atoms with Crippen LogP contribution in [-0.4, -0.2) is 25.0 Å². The molecule has 146 valence electrons. The van der Waals surface area contributed by atoms with Crippen molar-refractivity contribution in [3.63, 3.8) is 0 Å². The normalized spacial score (nSPS) is 14.0. The van der Waals surface area contributed by atoms with Crippen LogP contribution in [-0.2, 0) is 9.59 Å². The minimum absolute atomic E-state index is 0.0361. The van der Waals surface area contributed by atoms with E-state index in [-0.39, 0.29) is 31.0 Å². The fraction of sp³-hybridized carbons (Fsp3) is 0.167. The van der Waals surface area contributed by atoms with E-state index in [1.54, 1.807) is 12.1 Å². The molecule has 5 nitrogen and oxygen atoms in total. The van der Waals surface area contributed by atoms with Gasteiger partial charge in [-0.15, -0.1) is 0 Å². The fourth-order valence-corrected chi connectivity index (χ4v) is 3.44. The first kappa shape index (κ1) is 18.7. The summed E-state index contributed by atoms with van der Waals surface area (Å²) in [6, 6.07) is 25.4. The molecule has 0 fully saturated rings. The molecule has 0 radical (unpaired) electrons. The third-order valence-corrected chi connectivity index (χ3v) is 5.01. The van der Waals surface area contributed by atoms with E-state index in [4.69, 9.17) is 4.74 Å². The number of fused-ring (bicyclic) bond motifs is 1. The number of carbonyl (C=O) groups is 2. The van der Waals surface area contributed by atoms with Crippen LogP contribution in [0.2, 0.25) is 0 Å². The molecule has 4 rings (SSSR count). The highest BCUT2D eigenvalue weighted by Crippen LogP contribution is 2.31. The van der Waals surface area contributed by atoms with Crippen LogP contribution < -0.4 is 15.0 Å². The van der Waals surface area contributed by atoms with Crippen molar-refractivity contribution in [2.24, 2.45) is 0 Å². The SMILES string of the molecule is CC(NC(=O)CN1C(=O)COc2ccccc21)c1ccc(-c2ccccc2)cc1. The number of rotatable bonds is 5. The Morgan fingerprint density at radius 3 is 2.38 bits per heavy atom. The molecule has 1 heterocycles. The number of nitrogens with zero attached hydrogens (tertiary/aromatic N) is 1. The number of anilines is 1. The maximum Gasteiger partial charge on any atom is 0.265 e. The number of benzene rings is 3. The quantitative estimate of drug-likeness (QED) is 0.722. The third-order valence-electron chi connectivity index (χ3n) is 5.01. The molecule has 29 heavy (non-hydrogen) atoms. The third kappa shape index (κ3) is 4.14. The Bertz CT molecular complexity index is 1020. The maximum absolute atomic E-state index is 12.6. The number of para-hydroxylation sites is 2. The van der Waals surface area contributed by atoms with Gasteiger partial charge in [-0.1, -0.05) is 66.7 Å². The van der Waals surface area contributed by atoms with E-state index in [0.717, 1.165) is 16.7 Å². The zero-order valence-corrected chi connectivity index (χ0v) is 16.2. The standard InChI is InChI=1S/C24H22N2O3/c1-17(18-11-13-20(14-12-18)19-7-3-2-4-8-19)25-23(27)15-26-21-9-5-6-10-22(21)29-16-24(26)28/h2-14,17H,15-16H2,1H3,(H,25,27). The second-order valence-corrected chi connectivity index (χ2v) is 7.01. The Labute approximate surface area is 169 Å². The second kappa shape index (κ2) is 8.19. The number of hydrogen-bond acceptors (Lipinski definition) is 3. The fourth-order valence-electron chi connectivity index (χ4n) is 3.44. The van der Waals surface area contributed by atoms with Crippen molar-refractivity contribution in [1.82, 2.24) is 5.32 Å². The Kier molecular flexibility index (Phi) is 5.29. The zero-order chi connectivity index (χ0) is 20.2. The van der Waals surface area contributed by atoms with Crippen molar-refractivity contribution in [2.45, 2.75) is 13.0 Å². The van der Waals surface area contributed by atoms with E-state index >= 15 is 0 Å². The minimum atomic E-state index is -0.223. The lowest BCUT2D eigenvalue weighted by Gasteiger charge is -2.29. The van der Waals surface area contributed by atoms with Gasteiger partial charge < -0.3 is 10.1 Å². The highest BCUT2D eigenvalue weighted by molar-refractivity contribution is 6.02. The van der Waals surface area contributed by atoms with E-state index in [1.165, 1.54) is 4.90 Å². The molecule has 0 bridgehead atoms. The molecular weight excluding hydrogens is 364 g/mol. The van der Waals surface area contributed by atoms with Gasteiger partial charge in [-0.25, -0.2) is 0 Å². The van der Waals surface area contributed by atoms with Crippen molar-refractivity contribution in [2.75, 3.05) is 18.1 Å². The Morgan fingerprint density at radius 2 is 1.62 bits per heavy atom. The van der Waals surface area contributed by atoms with Crippen LogP contribution in [0.1, 0.15) is 18.5 Å². The second-order valence-electron chi connectivity index (χ2n) is 7.01. The summed E-state index contributed by atoms with van der Waals surface area (Å²) in [6.07, 6.45) is 0. The minimum Gasteiger partial charge on any atom is -0.482 e. The van der Waals surface area contributed by atoms with Crippen molar-refractivity contribution >= 4 is 17.5 Å². The number of amides is 2. The van der Waals surface area contributed by atoms with Gasteiger partial charge >= 0.3 is 0 Å². The summed E-state index contributed by atoms with van der Waals surface area (Å²) in [6.45, 7) is 1.84. The molecule has 1 unspecified atom stereocenters. The Balaban J connectivity index is 1.42. The van der Waals surface area contributed by atoms with Crippen molar-refractivity contribution in [3.8, 4) is 16.9 Å². The molecule has 0 aliphatic carbocycles. The van der Waals surface area contributed by atoms with E-state index in [2.05, 4.69) is 29.6 Å².